The Morgan fingerprint density at radius 1 is 1.22 bits per heavy atom. The molecule has 0 bridgehead atoms. The minimum atomic E-state index is -0.931. The topological polar surface area (TPSA) is 88.5 Å². The van der Waals surface area contributed by atoms with Crippen molar-refractivity contribution < 1.29 is 23.1 Å². The summed E-state index contributed by atoms with van der Waals surface area (Å²) in [5.41, 5.74) is -0.112. The second kappa shape index (κ2) is 11.0. The lowest BCUT2D eigenvalue weighted by atomic mass is 10.0. The van der Waals surface area contributed by atoms with Gasteiger partial charge in [-0.15, -0.1) is 0 Å². The number of hydrogen-bond acceptors (Lipinski definition) is 5. The SMILES string of the molecule is COc1c(F)cc(C(=O)N[C@H]2CC[C@@H](C(=O)NCCCn3cccn3)CN(C)C2)cc1F. The van der Waals surface area contributed by atoms with Gasteiger partial charge in [0.05, 0.1) is 13.0 Å². The molecule has 0 aliphatic carbocycles. The van der Waals surface area contributed by atoms with Crippen LogP contribution in [0.25, 0.3) is 0 Å². The van der Waals surface area contributed by atoms with Crippen molar-refractivity contribution in [3.63, 3.8) is 0 Å². The number of likely N-dealkylation sites (N-methyl/N-ethyl adjacent to an activating group) is 1. The van der Waals surface area contributed by atoms with E-state index in [1.165, 1.54) is 0 Å². The molecule has 2 amide bonds. The highest BCUT2D eigenvalue weighted by atomic mass is 19.1. The molecule has 0 radical (unpaired) electrons. The summed E-state index contributed by atoms with van der Waals surface area (Å²) in [5.74, 6) is -3.15. The number of nitrogens with zero attached hydrogens (tertiary/aromatic N) is 3. The largest absolute Gasteiger partial charge is 0.491 e. The van der Waals surface area contributed by atoms with Gasteiger partial charge in [0.25, 0.3) is 5.91 Å². The predicted octanol–water partition coefficient (Wildman–Crippen LogP) is 1.82. The van der Waals surface area contributed by atoms with Crippen LogP contribution in [-0.2, 0) is 11.3 Å². The number of nitrogens with one attached hydrogen (secondary N) is 2. The zero-order valence-electron chi connectivity index (χ0n) is 18.3. The van der Waals surface area contributed by atoms with Gasteiger partial charge < -0.3 is 20.3 Å². The fourth-order valence-corrected chi connectivity index (χ4v) is 3.93. The lowest BCUT2D eigenvalue weighted by Crippen LogP contribution is -2.42. The molecule has 2 N–H and O–H groups in total. The molecule has 32 heavy (non-hydrogen) atoms. The van der Waals surface area contributed by atoms with E-state index in [2.05, 4.69) is 20.5 Å². The summed E-state index contributed by atoms with van der Waals surface area (Å²) in [4.78, 5) is 27.1. The number of rotatable bonds is 8. The van der Waals surface area contributed by atoms with Crippen LogP contribution in [0.3, 0.4) is 0 Å². The van der Waals surface area contributed by atoms with Gasteiger partial charge in [-0.05, 0) is 44.5 Å². The molecule has 1 aromatic heterocycles. The van der Waals surface area contributed by atoms with Crippen LogP contribution in [0.5, 0.6) is 5.75 Å². The van der Waals surface area contributed by atoms with E-state index in [0.717, 1.165) is 32.2 Å². The number of ether oxygens (including phenoxy) is 1. The lowest BCUT2D eigenvalue weighted by Gasteiger charge is -2.22. The molecule has 0 unspecified atom stereocenters. The Balaban J connectivity index is 1.50. The van der Waals surface area contributed by atoms with E-state index in [0.29, 0.717) is 32.5 Å². The molecule has 1 aromatic carbocycles. The van der Waals surface area contributed by atoms with E-state index in [4.69, 9.17) is 0 Å². The van der Waals surface area contributed by atoms with Crippen LogP contribution < -0.4 is 15.4 Å². The third-order valence-corrected chi connectivity index (χ3v) is 5.52. The van der Waals surface area contributed by atoms with E-state index in [1.807, 2.05) is 28.9 Å². The molecule has 1 aliphatic heterocycles. The molecule has 2 atom stereocenters. The Hall–Kier alpha value is -3.01. The van der Waals surface area contributed by atoms with Crippen molar-refractivity contribution >= 4 is 11.8 Å². The van der Waals surface area contributed by atoms with Gasteiger partial charge in [-0.2, -0.15) is 5.10 Å². The summed E-state index contributed by atoms with van der Waals surface area (Å²) in [6.07, 6.45) is 5.57. The number of halogens is 2. The molecule has 1 aliphatic rings. The van der Waals surface area contributed by atoms with Gasteiger partial charge in [0.2, 0.25) is 5.91 Å². The highest BCUT2D eigenvalue weighted by molar-refractivity contribution is 5.94. The number of hydrogen-bond donors (Lipinski definition) is 2. The van der Waals surface area contributed by atoms with Crippen molar-refractivity contribution in [1.29, 1.82) is 0 Å². The summed E-state index contributed by atoms with van der Waals surface area (Å²) in [7, 11) is 3.05. The van der Waals surface area contributed by atoms with E-state index < -0.39 is 23.3 Å². The number of likely N-dealkylation sites (tertiary alicyclic amines) is 1. The quantitative estimate of drug-likeness (QED) is 0.601. The smallest absolute Gasteiger partial charge is 0.251 e. The molecule has 10 heteroatoms. The van der Waals surface area contributed by atoms with E-state index in [1.54, 1.807) is 6.20 Å². The van der Waals surface area contributed by atoms with E-state index >= 15 is 0 Å². The minimum Gasteiger partial charge on any atom is -0.491 e. The highest BCUT2D eigenvalue weighted by Gasteiger charge is 2.28. The van der Waals surface area contributed by atoms with Crippen LogP contribution in [0.1, 0.15) is 29.6 Å². The van der Waals surface area contributed by atoms with Crippen LogP contribution in [0, 0.1) is 17.6 Å². The predicted molar refractivity (Wildman–Crippen MR) is 114 cm³/mol. The average Bonchev–Trinajstić information content (AvgIpc) is 3.19. The van der Waals surface area contributed by atoms with Gasteiger partial charge in [0.15, 0.2) is 17.4 Å². The molecule has 1 saturated heterocycles. The summed E-state index contributed by atoms with van der Waals surface area (Å²) in [5, 5.41) is 9.94. The zero-order chi connectivity index (χ0) is 23.1. The fraction of sp³-hybridized carbons (Fsp3) is 0.500. The maximum absolute atomic E-state index is 13.9. The fourth-order valence-electron chi connectivity index (χ4n) is 3.93. The summed E-state index contributed by atoms with van der Waals surface area (Å²) < 4.78 is 34.3. The molecular formula is C22H29F2N5O3. The van der Waals surface area contributed by atoms with Gasteiger partial charge in [-0.3, -0.25) is 14.3 Å². The zero-order valence-corrected chi connectivity index (χ0v) is 18.3. The highest BCUT2D eigenvalue weighted by Crippen LogP contribution is 2.23. The number of aryl methyl sites for hydroxylation is 1. The lowest BCUT2D eigenvalue weighted by molar-refractivity contribution is -0.125. The summed E-state index contributed by atoms with van der Waals surface area (Å²) >= 11 is 0. The standard InChI is InChI=1S/C22H29F2N5O3/c1-28-13-15(21(30)25-7-3-9-29-10-4-8-26-29)5-6-17(14-28)27-22(31)16-11-18(23)20(32-2)19(24)12-16/h4,8,10-12,15,17H,3,5-7,9,13-14H2,1-2H3,(H,25,30)(H,27,31)/t15-,17+/m1/s1. The molecule has 0 spiro atoms. The van der Waals surface area contributed by atoms with Crippen molar-refractivity contribution in [2.45, 2.75) is 31.8 Å². The van der Waals surface area contributed by atoms with Crippen molar-refractivity contribution in [1.82, 2.24) is 25.3 Å². The van der Waals surface area contributed by atoms with Crippen molar-refractivity contribution in [2.75, 3.05) is 33.8 Å². The Morgan fingerprint density at radius 2 is 1.97 bits per heavy atom. The Labute approximate surface area is 185 Å². The second-order valence-corrected chi connectivity index (χ2v) is 8.05. The van der Waals surface area contributed by atoms with Crippen LogP contribution in [0.2, 0.25) is 0 Å². The van der Waals surface area contributed by atoms with Gasteiger partial charge >= 0.3 is 0 Å². The second-order valence-electron chi connectivity index (χ2n) is 8.05. The Kier molecular flexibility index (Phi) is 8.15. The van der Waals surface area contributed by atoms with Crippen molar-refractivity contribution in [2.24, 2.45) is 5.92 Å². The number of carbonyl (C=O) groups excluding carboxylic acids is 2. The van der Waals surface area contributed by atoms with Crippen LogP contribution in [0.15, 0.2) is 30.6 Å². The van der Waals surface area contributed by atoms with Crippen LogP contribution >= 0.6 is 0 Å². The van der Waals surface area contributed by atoms with Crippen LogP contribution in [0.4, 0.5) is 8.78 Å². The van der Waals surface area contributed by atoms with E-state index in [-0.39, 0.29) is 23.4 Å². The van der Waals surface area contributed by atoms with Crippen LogP contribution in [-0.4, -0.2) is 66.3 Å². The third-order valence-electron chi connectivity index (χ3n) is 5.52. The number of aromatic nitrogens is 2. The van der Waals surface area contributed by atoms with Crippen molar-refractivity contribution in [3.8, 4) is 5.75 Å². The third kappa shape index (κ3) is 6.25. The summed E-state index contributed by atoms with van der Waals surface area (Å²) in [6, 6.07) is 3.53. The van der Waals surface area contributed by atoms with Gasteiger partial charge in [0.1, 0.15) is 0 Å². The monoisotopic (exact) mass is 449 g/mol. The average molecular weight is 450 g/mol. The molecule has 0 saturated carbocycles. The maximum atomic E-state index is 13.9. The first-order valence-electron chi connectivity index (χ1n) is 10.6. The molecule has 1 fully saturated rings. The molecular weight excluding hydrogens is 420 g/mol. The van der Waals surface area contributed by atoms with Crippen molar-refractivity contribution in [3.05, 3.63) is 47.8 Å². The Morgan fingerprint density at radius 3 is 2.62 bits per heavy atom. The van der Waals surface area contributed by atoms with E-state index in [9.17, 15) is 18.4 Å². The maximum Gasteiger partial charge on any atom is 0.251 e. The number of carbonyl (C=O) groups is 2. The molecule has 2 aromatic rings. The normalized spacial score (nSPS) is 19.2. The van der Waals surface area contributed by atoms with Gasteiger partial charge in [0, 0.05) is 50.2 Å². The number of methoxy groups -OCH3 is 1. The van der Waals surface area contributed by atoms with Gasteiger partial charge in [-0.25, -0.2) is 8.78 Å². The molecule has 174 valence electrons. The van der Waals surface area contributed by atoms with Gasteiger partial charge in [-0.1, -0.05) is 0 Å². The minimum absolute atomic E-state index is 0.0106. The molecule has 2 heterocycles. The first-order valence-corrected chi connectivity index (χ1v) is 10.6. The number of amides is 2. The molecule has 8 nitrogen and oxygen atoms in total. The number of benzene rings is 1. The first-order chi connectivity index (χ1) is 15.4. The summed E-state index contributed by atoms with van der Waals surface area (Å²) in [6.45, 7) is 2.41. The first kappa shape index (κ1) is 23.6. The Bertz CT molecular complexity index is 899. The molecule has 3 rings (SSSR count).